The van der Waals surface area contributed by atoms with Crippen LogP contribution in [0.5, 0.6) is 0 Å². The first kappa shape index (κ1) is 7.07. The highest BCUT2D eigenvalue weighted by atomic mass is 79.9. The van der Waals surface area contributed by atoms with Crippen molar-refractivity contribution in [2.45, 2.75) is 24.5 Å². The molecule has 2 aliphatic heterocycles. The van der Waals surface area contributed by atoms with Gasteiger partial charge in [-0.05, 0) is 12.8 Å². The third-order valence-corrected chi connectivity index (χ3v) is 3.47. The van der Waals surface area contributed by atoms with Crippen LogP contribution in [0.3, 0.4) is 0 Å². The third kappa shape index (κ3) is 1.00. The molecule has 0 aliphatic carbocycles. The van der Waals surface area contributed by atoms with Gasteiger partial charge >= 0.3 is 0 Å². The van der Waals surface area contributed by atoms with Gasteiger partial charge in [-0.1, -0.05) is 15.9 Å². The predicted molar refractivity (Wildman–Crippen MR) is 43.5 cm³/mol. The molecule has 0 aromatic carbocycles. The Morgan fingerprint density at radius 2 is 2.60 bits per heavy atom. The van der Waals surface area contributed by atoms with Crippen molar-refractivity contribution < 1.29 is 4.74 Å². The van der Waals surface area contributed by atoms with Crippen molar-refractivity contribution in [3.05, 3.63) is 0 Å². The minimum atomic E-state index is 0.142. The molecule has 0 amide bonds. The molecule has 0 aromatic rings. The van der Waals surface area contributed by atoms with Gasteiger partial charge < -0.3 is 10.1 Å². The van der Waals surface area contributed by atoms with Gasteiger partial charge in [0.25, 0.3) is 0 Å². The van der Waals surface area contributed by atoms with Crippen LogP contribution >= 0.6 is 15.9 Å². The first-order valence-electron chi connectivity index (χ1n) is 3.78. The Kier molecular flexibility index (Phi) is 1.74. The van der Waals surface area contributed by atoms with Crippen LogP contribution in [0.1, 0.15) is 12.8 Å². The molecule has 0 aromatic heterocycles. The number of halogens is 1. The van der Waals surface area contributed by atoms with Crippen molar-refractivity contribution in [1.29, 1.82) is 0 Å². The lowest BCUT2D eigenvalue weighted by atomic mass is 9.98. The number of fused-ring (bicyclic) bond motifs is 2. The first-order chi connectivity index (χ1) is 4.85. The fourth-order valence-corrected chi connectivity index (χ4v) is 2.38. The van der Waals surface area contributed by atoms with Crippen molar-refractivity contribution >= 4 is 15.9 Å². The predicted octanol–water partition coefficient (Wildman–Crippen LogP) is 0.902. The molecule has 58 valence electrons. The fraction of sp³-hybridized carbons (Fsp3) is 1.00. The van der Waals surface area contributed by atoms with E-state index in [0.29, 0.717) is 0 Å². The Bertz CT molecular complexity index is 138. The number of alkyl halides is 1. The number of hydrogen-bond acceptors (Lipinski definition) is 2. The maximum Gasteiger partial charge on any atom is 0.0917 e. The molecule has 2 bridgehead atoms. The normalized spacial score (nSPS) is 45.9. The van der Waals surface area contributed by atoms with Gasteiger partial charge in [0.1, 0.15) is 0 Å². The summed E-state index contributed by atoms with van der Waals surface area (Å²) in [4.78, 5) is 0. The van der Waals surface area contributed by atoms with Crippen molar-refractivity contribution in [2.75, 3.05) is 18.5 Å². The number of hydrogen-bond donors (Lipinski definition) is 1. The summed E-state index contributed by atoms with van der Waals surface area (Å²) in [5, 5.41) is 4.43. The van der Waals surface area contributed by atoms with Crippen molar-refractivity contribution in [3.8, 4) is 0 Å². The van der Waals surface area contributed by atoms with E-state index in [9.17, 15) is 0 Å². The largest absolute Gasteiger partial charge is 0.373 e. The highest BCUT2D eigenvalue weighted by Crippen LogP contribution is 2.31. The van der Waals surface area contributed by atoms with Crippen LogP contribution < -0.4 is 5.32 Å². The van der Waals surface area contributed by atoms with Gasteiger partial charge in [0, 0.05) is 24.5 Å². The number of ether oxygens (including phenoxy) is 1. The van der Waals surface area contributed by atoms with E-state index in [1.54, 1.807) is 0 Å². The van der Waals surface area contributed by atoms with E-state index in [4.69, 9.17) is 4.74 Å². The molecule has 2 saturated heterocycles. The monoisotopic (exact) mass is 205 g/mol. The average molecular weight is 206 g/mol. The maximum absolute atomic E-state index is 5.70. The van der Waals surface area contributed by atoms with Gasteiger partial charge in [-0.2, -0.15) is 0 Å². The quantitative estimate of drug-likeness (QED) is 0.643. The number of nitrogens with one attached hydrogen (secondary N) is 1. The summed E-state index contributed by atoms with van der Waals surface area (Å²) in [5.74, 6) is 0. The smallest absolute Gasteiger partial charge is 0.0917 e. The van der Waals surface area contributed by atoms with Crippen LogP contribution in [-0.2, 0) is 4.74 Å². The summed E-state index contributed by atoms with van der Waals surface area (Å²) in [7, 11) is 0. The number of rotatable bonds is 1. The van der Waals surface area contributed by atoms with E-state index in [2.05, 4.69) is 21.2 Å². The van der Waals surface area contributed by atoms with Gasteiger partial charge in [-0.25, -0.2) is 0 Å². The molecule has 0 saturated carbocycles. The Balaban J connectivity index is 2.10. The van der Waals surface area contributed by atoms with E-state index < -0.39 is 0 Å². The first-order valence-corrected chi connectivity index (χ1v) is 4.90. The van der Waals surface area contributed by atoms with Gasteiger partial charge in [-0.15, -0.1) is 0 Å². The Morgan fingerprint density at radius 1 is 1.70 bits per heavy atom. The van der Waals surface area contributed by atoms with Gasteiger partial charge in [-0.3, -0.25) is 0 Å². The molecule has 2 atom stereocenters. The summed E-state index contributed by atoms with van der Waals surface area (Å²) >= 11 is 3.49. The van der Waals surface area contributed by atoms with E-state index in [1.165, 1.54) is 12.8 Å². The van der Waals surface area contributed by atoms with Crippen LogP contribution in [0, 0.1) is 0 Å². The molecular weight excluding hydrogens is 194 g/mol. The summed E-state index contributed by atoms with van der Waals surface area (Å²) in [6.07, 6.45) is 2.38. The van der Waals surface area contributed by atoms with Gasteiger partial charge in [0.15, 0.2) is 0 Å². The van der Waals surface area contributed by atoms with Crippen LogP contribution in [0.15, 0.2) is 0 Å². The summed E-state index contributed by atoms with van der Waals surface area (Å²) in [5.41, 5.74) is 0.142. The summed E-state index contributed by atoms with van der Waals surface area (Å²) in [6.45, 7) is 1.96. The zero-order valence-corrected chi connectivity index (χ0v) is 7.49. The van der Waals surface area contributed by atoms with E-state index in [1.807, 2.05) is 0 Å². The maximum atomic E-state index is 5.70. The van der Waals surface area contributed by atoms with E-state index in [0.717, 1.165) is 24.5 Å². The van der Waals surface area contributed by atoms with Crippen LogP contribution in [0.25, 0.3) is 0 Å². The second kappa shape index (κ2) is 2.47. The Hall–Kier alpha value is 0.400. The van der Waals surface area contributed by atoms with Crippen LogP contribution in [0.4, 0.5) is 0 Å². The molecule has 1 N–H and O–H groups in total. The molecule has 2 nitrogen and oxygen atoms in total. The molecule has 2 fully saturated rings. The molecule has 3 heteroatoms. The van der Waals surface area contributed by atoms with E-state index >= 15 is 0 Å². The molecule has 2 heterocycles. The Morgan fingerprint density at radius 3 is 3.30 bits per heavy atom. The third-order valence-electron chi connectivity index (χ3n) is 2.45. The highest BCUT2D eigenvalue weighted by Gasteiger charge is 2.42. The standard InChI is InChI=1S/C7H12BrNO/c8-4-7-3-6(9-5-7)1-2-10-7/h6,9H,1-5H2. The average Bonchev–Trinajstić information content (AvgIpc) is 2.29. The molecule has 0 spiro atoms. The summed E-state index contributed by atoms with van der Waals surface area (Å²) < 4.78 is 5.70. The highest BCUT2D eigenvalue weighted by molar-refractivity contribution is 9.09. The minimum Gasteiger partial charge on any atom is -0.373 e. The lowest BCUT2D eigenvalue weighted by Crippen LogP contribution is -2.38. The van der Waals surface area contributed by atoms with Crippen molar-refractivity contribution in [3.63, 3.8) is 0 Å². The lowest BCUT2D eigenvalue weighted by molar-refractivity contribution is -0.0328. The van der Waals surface area contributed by atoms with Gasteiger partial charge in [0.2, 0.25) is 0 Å². The summed E-state index contributed by atoms with van der Waals surface area (Å²) in [6, 6.07) is 0.728. The van der Waals surface area contributed by atoms with Crippen molar-refractivity contribution in [1.82, 2.24) is 5.32 Å². The van der Waals surface area contributed by atoms with E-state index in [-0.39, 0.29) is 5.60 Å². The molecule has 2 rings (SSSR count). The van der Waals surface area contributed by atoms with Crippen LogP contribution in [-0.4, -0.2) is 30.1 Å². The minimum absolute atomic E-state index is 0.142. The molecule has 2 unspecified atom stereocenters. The van der Waals surface area contributed by atoms with Crippen molar-refractivity contribution in [2.24, 2.45) is 0 Å². The zero-order chi connectivity index (χ0) is 7.03. The second-order valence-corrected chi connectivity index (χ2v) is 3.80. The molecular formula is C7H12BrNO. The lowest BCUT2D eigenvalue weighted by Gasteiger charge is -2.30. The fourth-order valence-electron chi connectivity index (χ4n) is 1.80. The Labute approximate surface area is 69.4 Å². The SMILES string of the molecule is BrCC12CNC(CCO1)C2. The van der Waals surface area contributed by atoms with Crippen LogP contribution in [0.2, 0.25) is 0 Å². The van der Waals surface area contributed by atoms with Gasteiger partial charge in [0.05, 0.1) is 5.60 Å². The zero-order valence-electron chi connectivity index (χ0n) is 5.90. The molecule has 0 radical (unpaired) electrons. The molecule has 10 heavy (non-hydrogen) atoms. The second-order valence-electron chi connectivity index (χ2n) is 3.24. The molecule has 2 aliphatic rings. The topological polar surface area (TPSA) is 21.3 Å².